The van der Waals surface area contributed by atoms with Gasteiger partial charge in [0.25, 0.3) is 0 Å². The Morgan fingerprint density at radius 2 is 1.81 bits per heavy atom. The minimum absolute atomic E-state index is 0.0406. The summed E-state index contributed by atoms with van der Waals surface area (Å²) in [5.41, 5.74) is 0.902. The number of aromatic nitrogens is 2. The third-order valence-corrected chi connectivity index (χ3v) is 3.37. The first kappa shape index (κ1) is 15.9. The molecule has 21 heavy (non-hydrogen) atoms. The zero-order chi connectivity index (χ0) is 15.7. The second-order valence-corrected chi connectivity index (χ2v) is 5.47. The summed E-state index contributed by atoms with van der Waals surface area (Å²) in [5.74, 6) is -3.94. The molecular formula is C14H14ClF3N2O. The fraction of sp³-hybridized carbons (Fsp3) is 0.357. The monoisotopic (exact) mass is 318 g/mol. The first-order valence-corrected chi connectivity index (χ1v) is 6.75. The Morgan fingerprint density at radius 1 is 1.24 bits per heavy atom. The average Bonchev–Trinajstić information content (AvgIpc) is 2.70. The van der Waals surface area contributed by atoms with Gasteiger partial charge in [-0.2, -0.15) is 5.10 Å². The van der Waals surface area contributed by atoms with E-state index in [4.69, 9.17) is 11.6 Å². The number of aliphatic hydroxyl groups excluding tert-OH is 1. The van der Waals surface area contributed by atoms with Crippen LogP contribution in [-0.2, 0) is 13.0 Å². The molecule has 1 heterocycles. The van der Waals surface area contributed by atoms with Crippen LogP contribution in [0, 0.1) is 23.4 Å². The molecule has 0 fully saturated rings. The Morgan fingerprint density at radius 3 is 2.29 bits per heavy atom. The van der Waals surface area contributed by atoms with Gasteiger partial charge in [0.1, 0.15) is 5.15 Å². The van der Waals surface area contributed by atoms with Crippen molar-refractivity contribution in [1.29, 1.82) is 0 Å². The van der Waals surface area contributed by atoms with Gasteiger partial charge in [-0.1, -0.05) is 25.4 Å². The lowest BCUT2D eigenvalue weighted by atomic mass is 10.1. The molecule has 0 spiro atoms. The smallest absolute Gasteiger partial charge is 0.194 e. The largest absolute Gasteiger partial charge is 0.391 e. The van der Waals surface area contributed by atoms with Gasteiger partial charge in [0, 0.05) is 17.7 Å². The molecule has 1 aromatic heterocycles. The highest BCUT2D eigenvalue weighted by atomic mass is 35.5. The summed E-state index contributed by atoms with van der Waals surface area (Å²) in [6, 6.07) is 1.61. The molecule has 0 atom stereocenters. The van der Waals surface area contributed by atoms with Crippen LogP contribution in [0.15, 0.2) is 12.1 Å². The van der Waals surface area contributed by atoms with Crippen LogP contribution >= 0.6 is 11.6 Å². The van der Waals surface area contributed by atoms with E-state index < -0.39 is 17.5 Å². The van der Waals surface area contributed by atoms with E-state index in [1.807, 2.05) is 13.8 Å². The first-order chi connectivity index (χ1) is 9.85. The molecule has 1 N–H and O–H groups in total. The van der Waals surface area contributed by atoms with E-state index in [1.54, 1.807) is 0 Å². The third kappa shape index (κ3) is 3.06. The van der Waals surface area contributed by atoms with Crippen molar-refractivity contribution < 1.29 is 18.3 Å². The molecule has 0 saturated heterocycles. The SMILES string of the molecule is CC(C)Cc1nn(-c2cc(F)c(F)c(F)c2)c(Cl)c1CO. The molecule has 2 rings (SSSR count). The highest BCUT2D eigenvalue weighted by Crippen LogP contribution is 2.27. The van der Waals surface area contributed by atoms with Gasteiger partial charge < -0.3 is 5.11 Å². The normalized spacial score (nSPS) is 11.4. The molecule has 0 amide bonds. The number of halogens is 4. The van der Waals surface area contributed by atoms with Crippen LogP contribution in [0.4, 0.5) is 13.2 Å². The summed E-state index contributed by atoms with van der Waals surface area (Å²) in [6.45, 7) is 3.59. The molecular weight excluding hydrogens is 305 g/mol. The van der Waals surface area contributed by atoms with Crippen molar-refractivity contribution in [2.24, 2.45) is 5.92 Å². The molecule has 0 radical (unpaired) electrons. The number of hydrogen-bond donors (Lipinski definition) is 1. The van der Waals surface area contributed by atoms with E-state index in [0.717, 1.165) is 16.8 Å². The second-order valence-electron chi connectivity index (χ2n) is 5.11. The van der Waals surface area contributed by atoms with Gasteiger partial charge in [0.2, 0.25) is 0 Å². The van der Waals surface area contributed by atoms with Gasteiger partial charge in [-0.05, 0) is 12.3 Å². The summed E-state index contributed by atoms with van der Waals surface area (Å²) in [7, 11) is 0. The Bertz CT molecular complexity index is 647. The molecule has 2 aromatic rings. The minimum Gasteiger partial charge on any atom is -0.391 e. The van der Waals surface area contributed by atoms with Crippen molar-refractivity contribution >= 4 is 11.6 Å². The highest BCUT2D eigenvalue weighted by Gasteiger charge is 2.20. The molecule has 0 aliphatic heterocycles. The number of aliphatic hydroxyl groups is 1. The van der Waals surface area contributed by atoms with Crippen molar-refractivity contribution in [3.8, 4) is 5.69 Å². The van der Waals surface area contributed by atoms with E-state index in [-0.39, 0.29) is 23.4 Å². The number of hydrogen-bond acceptors (Lipinski definition) is 2. The van der Waals surface area contributed by atoms with Gasteiger partial charge >= 0.3 is 0 Å². The second kappa shape index (κ2) is 6.07. The quantitative estimate of drug-likeness (QED) is 0.874. The molecule has 114 valence electrons. The third-order valence-electron chi connectivity index (χ3n) is 2.98. The van der Waals surface area contributed by atoms with E-state index in [2.05, 4.69) is 5.10 Å². The minimum atomic E-state index is -1.55. The summed E-state index contributed by atoms with van der Waals surface area (Å²) in [6.07, 6.45) is 0.550. The molecule has 0 saturated carbocycles. The average molecular weight is 319 g/mol. The summed E-state index contributed by atoms with van der Waals surface area (Å²) >= 11 is 6.09. The van der Waals surface area contributed by atoms with Crippen molar-refractivity contribution in [2.75, 3.05) is 0 Å². The highest BCUT2D eigenvalue weighted by molar-refractivity contribution is 6.30. The van der Waals surface area contributed by atoms with Crippen LogP contribution in [0.1, 0.15) is 25.1 Å². The van der Waals surface area contributed by atoms with Crippen molar-refractivity contribution in [3.05, 3.63) is 46.0 Å². The van der Waals surface area contributed by atoms with Gasteiger partial charge in [-0.15, -0.1) is 0 Å². The van der Waals surface area contributed by atoms with Gasteiger partial charge in [0.05, 0.1) is 18.0 Å². The van der Waals surface area contributed by atoms with Gasteiger partial charge in [-0.3, -0.25) is 0 Å². The van der Waals surface area contributed by atoms with Crippen LogP contribution in [0.5, 0.6) is 0 Å². The van der Waals surface area contributed by atoms with E-state index in [1.165, 1.54) is 0 Å². The number of rotatable bonds is 4. The lowest BCUT2D eigenvalue weighted by molar-refractivity contribution is 0.280. The Hall–Kier alpha value is -1.53. The molecule has 0 aliphatic carbocycles. The summed E-state index contributed by atoms with van der Waals surface area (Å²) < 4.78 is 40.7. The fourth-order valence-corrected chi connectivity index (χ4v) is 2.32. The van der Waals surface area contributed by atoms with Crippen LogP contribution in [0.3, 0.4) is 0 Å². The Labute approximate surface area is 125 Å². The maximum atomic E-state index is 13.3. The molecule has 3 nitrogen and oxygen atoms in total. The molecule has 0 bridgehead atoms. The standard InChI is InChI=1S/C14H14ClF3N2O/c1-7(2)3-12-9(6-21)14(15)20(19-12)8-4-10(16)13(18)11(17)5-8/h4-5,7,21H,3,6H2,1-2H3. The topological polar surface area (TPSA) is 38.0 Å². The fourth-order valence-electron chi connectivity index (χ4n) is 2.01. The summed E-state index contributed by atoms with van der Waals surface area (Å²) in [5, 5.41) is 13.6. The van der Waals surface area contributed by atoms with Crippen LogP contribution < -0.4 is 0 Å². The first-order valence-electron chi connectivity index (χ1n) is 6.37. The van der Waals surface area contributed by atoms with Crippen molar-refractivity contribution in [2.45, 2.75) is 26.9 Å². The van der Waals surface area contributed by atoms with E-state index >= 15 is 0 Å². The zero-order valence-electron chi connectivity index (χ0n) is 11.5. The molecule has 7 heteroatoms. The zero-order valence-corrected chi connectivity index (χ0v) is 12.3. The van der Waals surface area contributed by atoms with Crippen molar-refractivity contribution in [3.63, 3.8) is 0 Å². The van der Waals surface area contributed by atoms with E-state index in [9.17, 15) is 18.3 Å². The molecule has 0 aliphatic rings. The number of nitrogens with zero attached hydrogens (tertiary/aromatic N) is 2. The van der Waals surface area contributed by atoms with Crippen LogP contribution in [0.2, 0.25) is 5.15 Å². The van der Waals surface area contributed by atoms with Gasteiger partial charge in [-0.25, -0.2) is 17.9 Å². The molecule has 1 aromatic carbocycles. The predicted molar refractivity (Wildman–Crippen MR) is 72.9 cm³/mol. The van der Waals surface area contributed by atoms with Crippen LogP contribution in [-0.4, -0.2) is 14.9 Å². The van der Waals surface area contributed by atoms with Gasteiger partial charge in [0.15, 0.2) is 17.5 Å². The Balaban J connectivity index is 2.56. The summed E-state index contributed by atoms with van der Waals surface area (Å²) in [4.78, 5) is 0. The predicted octanol–water partition coefficient (Wildman–Crippen LogP) is 3.63. The van der Waals surface area contributed by atoms with Crippen molar-refractivity contribution in [1.82, 2.24) is 9.78 Å². The van der Waals surface area contributed by atoms with Crippen LogP contribution in [0.25, 0.3) is 5.69 Å². The maximum absolute atomic E-state index is 13.3. The molecule has 0 unspecified atom stereocenters. The van der Waals surface area contributed by atoms with E-state index in [0.29, 0.717) is 17.7 Å². The Kier molecular flexibility index (Phi) is 4.58. The lowest BCUT2D eigenvalue weighted by Gasteiger charge is -2.05. The maximum Gasteiger partial charge on any atom is 0.194 e. The lowest BCUT2D eigenvalue weighted by Crippen LogP contribution is -2.02. The number of benzene rings is 1.